The number of rotatable bonds is 7. The predicted octanol–water partition coefficient (Wildman–Crippen LogP) is 5.36. The highest BCUT2D eigenvalue weighted by Crippen LogP contribution is 2.30. The minimum Gasteiger partial charge on any atom is -0.465 e. The molecule has 0 aliphatic rings. The van der Waals surface area contributed by atoms with E-state index >= 15 is 0 Å². The Labute approximate surface area is 192 Å². The lowest BCUT2D eigenvalue weighted by Gasteiger charge is -2.12. The number of anilines is 2. The number of thioether (sulfide) groups is 1. The van der Waals surface area contributed by atoms with Crippen molar-refractivity contribution in [3.8, 4) is 0 Å². The molecule has 0 bridgehead atoms. The predicted molar refractivity (Wildman–Crippen MR) is 120 cm³/mol. The molecular formula is C21H16Cl2N2O5S. The van der Waals surface area contributed by atoms with Crippen molar-refractivity contribution in [2.75, 3.05) is 23.5 Å². The van der Waals surface area contributed by atoms with E-state index in [1.807, 2.05) is 0 Å². The molecule has 2 N–H and O–H groups in total. The number of hydrogen-bond donors (Lipinski definition) is 2. The maximum Gasteiger partial charge on any atom is 0.341 e. The monoisotopic (exact) mass is 478 g/mol. The zero-order valence-corrected chi connectivity index (χ0v) is 18.4. The van der Waals surface area contributed by atoms with E-state index in [4.69, 9.17) is 32.4 Å². The summed E-state index contributed by atoms with van der Waals surface area (Å²) in [7, 11) is 1.22. The lowest BCUT2D eigenvalue weighted by atomic mass is 10.1. The summed E-state index contributed by atoms with van der Waals surface area (Å²) in [5.41, 5.74) is 0.793. The first-order chi connectivity index (χ1) is 14.9. The number of methoxy groups -OCH3 is 1. The van der Waals surface area contributed by atoms with Crippen molar-refractivity contribution in [2.45, 2.75) is 4.90 Å². The summed E-state index contributed by atoms with van der Waals surface area (Å²) in [6.45, 7) is 0. The van der Waals surface area contributed by atoms with E-state index in [2.05, 4.69) is 10.6 Å². The molecular weight excluding hydrogens is 463 g/mol. The molecule has 1 heterocycles. The fraction of sp³-hybridized carbons (Fsp3) is 0.0952. The third-order valence-corrected chi connectivity index (χ3v) is 5.47. The second-order valence-electron chi connectivity index (χ2n) is 6.09. The van der Waals surface area contributed by atoms with Crippen LogP contribution in [0.2, 0.25) is 10.0 Å². The number of carbonyl (C=O) groups is 3. The standard InChI is InChI=1S/C21H16Cl2N2O5S/c1-29-21(28)19-15(23)9-12(22)10-16(19)25-18(26)11-31-14-6-4-13(5-7-14)24-20(27)17-3-2-8-30-17/h2-10H,11H2,1H3,(H,24,27)(H,25,26). The topological polar surface area (TPSA) is 97.6 Å². The summed E-state index contributed by atoms with van der Waals surface area (Å²) in [5, 5.41) is 5.70. The van der Waals surface area contributed by atoms with Gasteiger partial charge in [-0.15, -0.1) is 11.8 Å². The van der Waals surface area contributed by atoms with Gasteiger partial charge in [0.2, 0.25) is 5.91 Å². The Balaban J connectivity index is 1.59. The summed E-state index contributed by atoms with van der Waals surface area (Å²) < 4.78 is 9.76. The Morgan fingerprint density at radius 1 is 1.06 bits per heavy atom. The highest BCUT2D eigenvalue weighted by atomic mass is 35.5. The van der Waals surface area contributed by atoms with Crippen LogP contribution in [0.15, 0.2) is 64.1 Å². The van der Waals surface area contributed by atoms with Crippen molar-refractivity contribution in [2.24, 2.45) is 0 Å². The van der Waals surface area contributed by atoms with Crippen molar-refractivity contribution >= 4 is 64.1 Å². The molecule has 0 spiro atoms. The largest absolute Gasteiger partial charge is 0.465 e. The van der Waals surface area contributed by atoms with Crippen LogP contribution in [0.3, 0.4) is 0 Å². The van der Waals surface area contributed by atoms with Gasteiger partial charge in [-0.2, -0.15) is 0 Å². The Bertz CT molecular complexity index is 1100. The second-order valence-corrected chi connectivity index (χ2v) is 7.99. The van der Waals surface area contributed by atoms with Gasteiger partial charge in [-0.25, -0.2) is 4.79 Å². The normalized spacial score (nSPS) is 10.4. The lowest BCUT2D eigenvalue weighted by molar-refractivity contribution is -0.113. The first-order valence-electron chi connectivity index (χ1n) is 8.82. The number of amides is 2. The summed E-state index contributed by atoms with van der Waals surface area (Å²) in [4.78, 5) is 37.1. The Hall–Kier alpha value is -2.94. The fourth-order valence-electron chi connectivity index (χ4n) is 2.55. The van der Waals surface area contributed by atoms with Crippen LogP contribution in [0.25, 0.3) is 0 Å². The molecule has 3 aromatic rings. The van der Waals surface area contributed by atoms with Crippen molar-refractivity contribution in [3.05, 3.63) is 76.2 Å². The minimum absolute atomic E-state index is 0.0311. The number of nitrogens with one attached hydrogen (secondary N) is 2. The maximum absolute atomic E-state index is 12.4. The van der Waals surface area contributed by atoms with E-state index in [1.165, 1.54) is 37.3 Å². The van der Waals surface area contributed by atoms with Gasteiger partial charge in [0.05, 0.1) is 29.8 Å². The van der Waals surface area contributed by atoms with Crippen molar-refractivity contribution < 1.29 is 23.5 Å². The molecule has 0 radical (unpaired) electrons. The summed E-state index contributed by atoms with van der Waals surface area (Å²) >= 11 is 13.3. The molecule has 0 aliphatic heterocycles. The molecule has 7 nitrogen and oxygen atoms in total. The molecule has 1 aromatic heterocycles. The first-order valence-corrected chi connectivity index (χ1v) is 10.6. The van der Waals surface area contributed by atoms with Gasteiger partial charge in [0.25, 0.3) is 5.91 Å². The zero-order valence-electron chi connectivity index (χ0n) is 16.1. The molecule has 0 unspecified atom stereocenters. The quantitative estimate of drug-likeness (QED) is 0.350. The fourth-order valence-corrected chi connectivity index (χ4v) is 3.82. The number of hydrogen-bond acceptors (Lipinski definition) is 6. The smallest absolute Gasteiger partial charge is 0.341 e. The molecule has 10 heteroatoms. The van der Waals surface area contributed by atoms with E-state index in [-0.39, 0.29) is 44.6 Å². The van der Waals surface area contributed by atoms with E-state index < -0.39 is 5.97 Å². The van der Waals surface area contributed by atoms with Crippen molar-refractivity contribution in [1.82, 2.24) is 0 Å². The molecule has 0 saturated carbocycles. The maximum atomic E-state index is 12.4. The van der Waals surface area contributed by atoms with Gasteiger partial charge < -0.3 is 19.8 Å². The third-order valence-electron chi connectivity index (χ3n) is 3.95. The van der Waals surface area contributed by atoms with Crippen LogP contribution in [0, 0.1) is 0 Å². The van der Waals surface area contributed by atoms with Crippen LogP contribution in [-0.4, -0.2) is 30.6 Å². The third kappa shape index (κ3) is 6.04. The van der Waals surface area contributed by atoms with Crippen molar-refractivity contribution in [3.63, 3.8) is 0 Å². The average molecular weight is 479 g/mol. The first kappa shape index (κ1) is 22.7. The molecule has 2 aromatic carbocycles. The number of carbonyl (C=O) groups excluding carboxylic acids is 3. The molecule has 0 fully saturated rings. The molecule has 160 valence electrons. The SMILES string of the molecule is COC(=O)c1c(Cl)cc(Cl)cc1NC(=O)CSc1ccc(NC(=O)c2ccco2)cc1. The molecule has 0 atom stereocenters. The highest BCUT2D eigenvalue weighted by molar-refractivity contribution is 8.00. The Morgan fingerprint density at radius 3 is 2.45 bits per heavy atom. The second kappa shape index (κ2) is 10.4. The van der Waals surface area contributed by atoms with Gasteiger partial charge in [0.15, 0.2) is 5.76 Å². The van der Waals surface area contributed by atoms with Gasteiger partial charge in [-0.05, 0) is 48.5 Å². The summed E-state index contributed by atoms with van der Waals surface area (Å²) in [5.74, 6) is -1.11. The van der Waals surface area contributed by atoms with Crippen LogP contribution < -0.4 is 10.6 Å². The van der Waals surface area contributed by atoms with Crippen molar-refractivity contribution in [1.29, 1.82) is 0 Å². The minimum atomic E-state index is -0.684. The average Bonchev–Trinajstić information content (AvgIpc) is 3.27. The highest BCUT2D eigenvalue weighted by Gasteiger charge is 2.19. The van der Waals surface area contributed by atoms with E-state index in [0.717, 1.165) is 4.90 Å². The van der Waals surface area contributed by atoms with E-state index in [1.54, 1.807) is 36.4 Å². The number of benzene rings is 2. The van der Waals surface area contributed by atoms with E-state index in [9.17, 15) is 14.4 Å². The number of ether oxygens (including phenoxy) is 1. The summed E-state index contributed by atoms with van der Waals surface area (Å²) in [6.07, 6.45) is 1.42. The number of halogens is 2. The molecule has 0 aliphatic carbocycles. The van der Waals surface area contributed by atoms with Crippen LogP contribution in [0.4, 0.5) is 11.4 Å². The number of furan rings is 1. The van der Waals surface area contributed by atoms with Gasteiger partial charge in [0.1, 0.15) is 5.56 Å². The van der Waals surface area contributed by atoms with Gasteiger partial charge in [-0.1, -0.05) is 23.2 Å². The molecule has 2 amide bonds. The Kier molecular flexibility index (Phi) is 7.62. The summed E-state index contributed by atoms with van der Waals surface area (Å²) in [6, 6.07) is 13.0. The lowest BCUT2D eigenvalue weighted by Crippen LogP contribution is -2.17. The van der Waals surface area contributed by atoms with Gasteiger partial charge >= 0.3 is 5.97 Å². The number of esters is 1. The van der Waals surface area contributed by atoms with Crippen LogP contribution >= 0.6 is 35.0 Å². The van der Waals surface area contributed by atoms with Crippen LogP contribution in [-0.2, 0) is 9.53 Å². The zero-order chi connectivity index (χ0) is 22.4. The molecule has 3 rings (SSSR count). The van der Waals surface area contributed by atoms with Gasteiger partial charge in [0, 0.05) is 15.6 Å². The van der Waals surface area contributed by atoms with Crippen LogP contribution in [0.5, 0.6) is 0 Å². The van der Waals surface area contributed by atoms with E-state index in [0.29, 0.717) is 5.69 Å². The molecule has 31 heavy (non-hydrogen) atoms. The van der Waals surface area contributed by atoms with Crippen LogP contribution in [0.1, 0.15) is 20.9 Å². The molecule has 0 saturated heterocycles. The Morgan fingerprint density at radius 2 is 1.81 bits per heavy atom. The van der Waals surface area contributed by atoms with Gasteiger partial charge in [-0.3, -0.25) is 9.59 Å².